The van der Waals surface area contributed by atoms with Crippen LogP contribution < -0.4 is 0 Å². The summed E-state index contributed by atoms with van der Waals surface area (Å²) in [5, 5.41) is 18.1. The molecule has 2 unspecified atom stereocenters. The lowest BCUT2D eigenvalue weighted by Crippen LogP contribution is -2.38. The number of nitrogens with zero attached hydrogens (tertiary/aromatic N) is 1. The van der Waals surface area contributed by atoms with Crippen LogP contribution in [-0.4, -0.2) is 41.5 Å². The van der Waals surface area contributed by atoms with Crippen molar-refractivity contribution in [3.63, 3.8) is 0 Å². The Morgan fingerprint density at radius 2 is 2.00 bits per heavy atom. The van der Waals surface area contributed by atoms with Crippen LogP contribution in [0.5, 0.6) is 0 Å². The molecule has 0 aromatic rings. The van der Waals surface area contributed by atoms with Gasteiger partial charge in [-0.1, -0.05) is 13.8 Å². The summed E-state index contributed by atoms with van der Waals surface area (Å²) in [6.07, 6.45) is 0.531. The van der Waals surface area contributed by atoms with Crippen LogP contribution in [0.15, 0.2) is 0 Å². The third kappa shape index (κ3) is 3.70. The van der Waals surface area contributed by atoms with Crippen LogP contribution >= 0.6 is 0 Å². The smallest absolute Gasteiger partial charge is 0.109 e. The summed E-state index contributed by atoms with van der Waals surface area (Å²) >= 11 is 0. The first-order valence-electron chi connectivity index (χ1n) is 4.12. The Kier molecular flexibility index (Phi) is 5.46. The lowest BCUT2D eigenvalue weighted by Gasteiger charge is -2.26. The third-order valence-corrected chi connectivity index (χ3v) is 2.06. The van der Waals surface area contributed by atoms with Crippen LogP contribution in [0.3, 0.4) is 0 Å². The van der Waals surface area contributed by atoms with E-state index < -0.39 is 6.23 Å². The predicted molar refractivity (Wildman–Crippen MR) is 45.2 cm³/mol. The molecule has 0 heterocycles. The van der Waals surface area contributed by atoms with Crippen LogP contribution in [0.4, 0.5) is 0 Å². The molecule has 11 heavy (non-hydrogen) atoms. The number of rotatable bonds is 5. The monoisotopic (exact) mass is 161 g/mol. The minimum absolute atomic E-state index is 0.101. The van der Waals surface area contributed by atoms with Gasteiger partial charge >= 0.3 is 0 Å². The first kappa shape index (κ1) is 10.9. The van der Waals surface area contributed by atoms with Crippen LogP contribution in [0.2, 0.25) is 0 Å². The molecule has 0 radical (unpaired) electrons. The molecule has 3 nitrogen and oxygen atoms in total. The Hall–Kier alpha value is -0.120. The van der Waals surface area contributed by atoms with E-state index in [1.165, 1.54) is 0 Å². The zero-order valence-electron chi connectivity index (χ0n) is 7.62. The van der Waals surface area contributed by atoms with E-state index in [-0.39, 0.29) is 12.5 Å². The van der Waals surface area contributed by atoms with Gasteiger partial charge in [0.05, 0.1) is 6.61 Å². The van der Waals surface area contributed by atoms with Gasteiger partial charge in [0.1, 0.15) is 6.23 Å². The molecule has 3 heteroatoms. The van der Waals surface area contributed by atoms with Crippen molar-refractivity contribution in [2.75, 3.05) is 20.2 Å². The standard InChI is InChI=1S/C8H19NO2/c1-4-7(2)8(11)9(3)5-6-10/h7-8,10-11H,4-6H2,1-3H3. The number of hydrogen-bond donors (Lipinski definition) is 2. The van der Waals surface area contributed by atoms with E-state index in [1.54, 1.807) is 4.90 Å². The fourth-order valence-corrected chi connectivity index (χ4v) is 0.935. The quantitative estimate of drug-likeness (QED) is 0.569. The highest BCUT2D eigenvalue weighted by Crippen LogP contribution is 2.09. The van der Waals surface area contributed by atoms with E-state index in [1.807, 2.05) is 20.9 Å². The van der Waals surface area contributed by atoms with Gasteiger partial charge in [0, 0.05) is 6.54 Å². The van der Waals surface area contributed by atoms with E-state index in [0.29, 0.717) is 6.54 Å². The highest BCUT2D eigenvalue weighted by atomic mass is 16.3. The van der Waals surface area contributed by atoms with Gasteiger partial charge in [-0.2, -0.15) is 0 Å². The minimum atomic E-state index is -0.424. The molecule has 0 rings (SSSR count). The van der Waals surface area contributed by atoms with Gasteiger partial charge in [-0.15, -0.1) is 0 Å². The second-order valence-corrected chi connectivity index (χ2v) is 3.00. The second-order valence-electron chi connectivity index (χ2n) is 3.00. The molecule has 0 amide bonds. The zero-order valence-corrected chi connectivity index (χ0v) is 7.62. The molecule has 2 N–H and O–H groups in total. The van der Waals surface area contributed by atoms with Crippen molar-refractivity contribution in [3.05, 3.63) is 0 Å². The third-order valence-electron chi connectivity index (χ3n) is 2.06. The SMILES string of the molecule is CCC(C)C(O)N(C)CCO. The predicted octanol–water partition coefficient (Wildman–Crippen LogP) is 0.275. The Bertz CT molecular complexity index is 98.1. The first-order valence-corrected chi connectivity index (χ1v) is 4.12. The highest BCUT2D eigenvalue weighted by Gasteiger charge is 2.16. The number of likely N-dealkylation sites (N-methyl/N-ethyl adjacent to an activating group) is 1. The molecule has 0 saturated carbocycles. The van der Waals surface area contributed by atoms with Crippen molar-refractivity contribution < 1.29 is 10.2 Å². The molecule has 0 fully saturated rings. The average Bonchev–Trinajstić information content (AvgIpc) is 2.02. The van der Waals surface area contributed by atoms with Crippen molar-refractivity contribution in [2.45, 2.75) is 26.5 Å². The fourth-order valence-electron chi connectivity index (χ4n) is 0.935. The van der Waals surface area contributed by atoms with Crippen LogP contribution in [0.1, 0.15) is 20.3 Å². The van der Waals surface area contributed by atoms with E-state index in [0.717, 1.165) is 6.42 Å². The Labute approximate surface area is 68.6 Å². The highest BCUT2D eigenvalue weighted by molar-refractivity contribution is 4.62. The average molecular weight is 161 g/mol. The van der Waals surface area contributed by atoms with Gasteiger partial charge in [0.25, 0.3) is 0 Å². The molecule has 0 spiro atoms. The normalized spacial score (nSPS) is 16.9. The summed E-state index contributed by atoms with van der Waals surface area (Å²) in [6, 6.07) is 0. The van der Waals surface area contributed by atoms with Gasteiger partial charge in [0.2, 0.25) is 0 Å². The van der Waals surface area contributed by atoms with Crippen LogP contribution in [0, 0.1) is 5.92 Å². The van der Waals surface area contributed by atoms with Crippen molar-refractivity contribution in [3.8, 4) is 0 Å². The topological polar surface area (TPSA) is 43.7 Å². The number of aliphatic hydroxyl groups is 2. The van der Waals surface area contributed by atoms with Crippen molar-refractivity contribution >= 4 is 0 Å². The molecular weight excluding hydrogens is 142 g/mol. The van der Waals surface area contributed by atoms with E-state index in [2.05, 4.69) is 0 Å². The molecular formula is C8H19NO2. The lowest BCUT2D eigenvalue weighted by molar-refractivity contribution is -0.0267. The summed E-state index contributed by atoms with van der Waals surface area (Å²) in [7, 11) is 1.81. The van der Waals surface area contributed by atoms with Gasteiger partial charge in [0.15, 0.2) is 0 Å². The van der Waals surface area contributed by atoms with E-state index in [4.69, 9.17) is 5.11 Å². The summed E-state index contributed by atoms with van der Waals surface area (Å²) < 4.78 is 0. The lowest BCUT2D eigenvalue weighted by atomic mass is 10.1. The Balaban J connectivity index is 3.70. The molecule has 0 aliphatic carbocycles. The first-order chi connectivity index (χ1) is 5.13. The molecule has 2 atom stereocenters. The zero-order chi connectivity index (χ0) is 8.85. The van der Waals surface area contributed by atoms with Crippen LogP contribution in [0.25, 0.3) is 0 Å². The molecule has 0 aliphatic rings. The summed E-state index contributed by atoms with van der Waals surface area (Å²) in [6.45, 7) is 4.68. The Morgan fingerprint density at radius 3 is 2.36 bits per heavy atom. The molecule has 0 aromatic carbocycles. The summed E-state index contributed by atoms with van der Waals surface area (Å²) in [5.74, 6) is 0.270. The van der Waals surface area contributed by atoms with E-state index >= 15 is 0 Å². The van der Waals surface area contributed by atoms with Gasteiger partial charge < -0.3 is 10.2 Å². The van der Waals surface area contributed by atoms with Gasteiger partial charge in [-0.25, -0.2) is 0 Å². The molecule has 0 aromatic heterocycles. The molecule has 68 valence electrons. The van der Waals surface area contributed by atoms with Gasteiger partial charge in [-0.05, 0) is 19.4 Å². The maximum absolute atomic E-state index is 9.53. The van der Waals surface area contributed by atoms with E-state index in [9.17, 15) is 5.11 Å². The minimum Gasteiger partial charge on any atom is -0.395 e. The maximum atomic E-state index is 9.53. The Morgan fingerprint density at radius 1 is 1.45 bits per heavy atom. The van der Waals surface area contributed by atoms with Crippen molar-refractivity contribution in [2.24, 2.45) is 5.92 Å². The van der Waals surface area contributed by atoms with Crippen molar-refractivity contribution in [1.82, 2.24) is 4.90 Å². The summed E-state index contributed by atoms with van der Waals surface area (Å²) in [4.78, 5) is 1.76. The fraction of sp³-hybridized carbons (Fsp3) is 1.00. The second kappa shape index (κ2) is 5.52. The molecule has 0 aliphatic heterocycles. The van der Waals surface area contributed by atoms with Crippen molar-refractivity contribution in [1.29, 1.82) is 0 Å². The number of hydrogen-bond acceptors (Lipinski definition) is 3. The van der Waals surface area contributed by atoms with Gasteiger partial charge in [-0.3, -0.25) is 4.90 Å². The maximum Gasteiger partial charge on any atom is 0.109 e. The largest absolute Gasteiger partial charge is 0.395 e. The molecule has 0 bridgehead atoms. The molecule has 0 saturated heterocycles. The van der Waals surface area contributed by atoms with Crippen LogP contribution in [-0.2, 0) is 0 Å². The summed E-state index contributed by atoms with van der Waals surface area (Å²) in [5.41, 5.74) is 0. The number of aliphatic hydroxyl groups excluding tert-OH is 2.